The highest BCUT2D eigenvalue weighted by molar-refractivity contribution is 14.1. The summed E-state index contributed by atoms with van der Waals surface area (Å²) in [7, 11) is 0. The third kappa shape index (κ3) is 15.7. The number of anilines is 2. The van der Waals surface area contributed by atoms with Gasteiger partial charge in [0.15, 0.2) is 5.78 Å². The second kappa shape index (κ2) is 25.5. The van der Waals surface area contributed by atoms with E-state index in [1.54, 1.807) is 59.0 Å². The summed E-state index contributed by atoms with van der Waals surface area (Å²) in [6.07, 6.45) is 1.25. The smallest absolute Gasteiger partial charge is 0.268 e. The highest BCUT2D eigenvalue weighted by Crippen LogP contribution is 2.33. The van der Waals surface area contributed by atoms with E-state index in [4.69, 9.17) is 0 Å². The molecular weight excluding hydrogens is 1100 g/mol. The van der Waals surface area contributed by atoms with Gasteiger partial charge in [-0.3, -0.25) is 58.0 Å². The number of para-hydroxylation sites is 2. The van der Waals surface area contributed by atoms with Crippen LogP contribution in [-0.4, -0.2) is 140 Å². The number of rotatable bonds is 23. The lowest BCUT2D eigenvalue weighted by atomic mass is 10.1. The van der Waals surface area contributed by atoms with Crippen molar-refractivity contribution in [3.05, 3.63) is 72.1 Å². The van der Waals surface area contributed by atoms with Crippen LogP contribution in [0.25, 0.3) is 21.8 Å². The molecule has 0 saturated carbocycles. The zero-order valence-electron chi connectivity index (χ0n) is 39.9. The van der Waals surface area contributed by atoms with Gasteiger partial charge in [0.25, 0.3) is 23.7 Å². The highest BCUT2D eigenvalue weighted by Gasteiger charge is 2.47. The number of benzene rings is 2. The standard InChI is InChI=1S/C49H49F4IN12O9/c50-48(51)19-28(21-55)65(26-48)25-30(67)23-60-46(74)33-14-17-58-43-31(33)5-3-8-35(43)62-39(69)11-10-38(68)57-16-2-1-7-37(45(54)73)64-41(71)13-12-40(70)63-36-9-4-6-32-34(15-18-59-44(32)36)47(75)61-24-42(72)66-27-49(52,53)20-29(66)22-56/h3-6,8-9,14-15,17-18,28-29,37H,1-2,7,10-13,16,19-20,23-27H2,(H,57,68)(H,60,74)(H,61,75)(H,62,69)(H,63,70)(H,64,71)/t28-,29-,37?/m0/s1. The number of halogens is 5. The Balaban J connectivity index is 0.879. The summed E-state index contributed by atoms with van der Waals surface area (Å²) in [6, 6.07) is 12.2. The number of carbonyl (C=O) groups excluding carboxylic acids is 9. The molecule has 2 aromatic carbocycles. The van der Waals surface area contributed by atoms with E-state index in [9.17, 15) is 71.2 Å². The number of pyridine rings is 2. The topological polar surface area (TPSA) is 306 Å². The zero-order valence-corrected chi connectivity index (χ0v) is 42.0. The van der Waals surface area contributed by atoms with E-state index < -0.39 is 123 Å². The summed E-state index contributed by atoms with van der Waals surface area (Å²) < 4.78 is 54.9. The van der Waals surface area contributed by atoms with Crippen LogP contribution in [0, 0.1) is 22.7 Å². The van der Waals surface area contributed by atoms with Crippen LogP contribution in [0.5, 0.6) is 0 Å². The van der Waals surface area contributed by atoms with Gasteiger partial charge in [0.05, 0.1) is 84.4 Å². The van der Waals surface area contributed by atoms with Crippen LogP contribution in [0.1, 0.15) is 78.5 Å². The predicted octanol–water partition coefficient (Wildman–Crippen LogP) is 3.68. The van der Waals surface area contributed by atoms with E-state index in [1.807, 2.05) is 0 Å². The van der Waals surface area contributed by atoms with Crippen LogP contribution < -0.4 is 31.9 Å². The van der Waals surface area contributed by atoms with Crippen LogP contribution in [0.4, 0.5) is 28.9 Å². The van der Waals surface area contributed by atoms with E-state index in [2.05, 4.69) is 41.9 Å². The molecule has 2 fully saturated rings. The van der Waals surface area contributed by atoms with Crippen molar-refractivity contribution in [3.8, 4) is 12.1 Å². The number of hydrogen-bond donors (Lipinski definition) is 6. The first-order valence-corrected chi connectivity index (χ1v) is 24.5. The molecule has 3 atom stereocenters. The normalized spacial score (nSPS) is 17.0. The molecule has 21 nitrogen and oxygen atoms in total. The van der Waals surface area contributed by atoms with Crippen molar-refractivity contribution in [2.24, 2.45) is 0 Å². The van der Waals surface area contributed by atoms with Crippen molar-refractivity contribution in [1.29, 1.82) is 10.5 Å². The van der Waals surface area contributed by atoms with Gasteiger partial charge < -0.3 is 36.8 Å². The Morgan fingerprint density at radius 2 is 1.19 bits per heavy atom. The number of Topliss-reactive ketones (excluding diaryl/α,β-unsaturated/α-hetero) is 1. The summed E-state index contributed by atoms with van der Waals surface area (Å²) >= 11 is 1.56. The van der Waals surface area contributed by atoms with Gasteiger partial charge in [0.2, 0.25) is 33.3 Å². The molecule has 26 heteroatoms. The molecule has 394 valence electrons. The van der Waals surface area contributed by atoms with Crippen LogP contribution >= 0.6 is 22.6 Å². The molecule has 7 amide bonds. The van der Waals surface area contributed by atoms with Gasteiger partial charge in [-0.2, -0.15) is 10.5 Å². The van der Waals surface area contributed by atoms with E-state index in [0.717, 1.165) is 9.80 Å². The Morgan fingerprint density at radius 3 is 1.75 bits per heavy atom. The summed E-state index contributed by atoms with van der Waals surface area (Å²) in [5.41, 5.74) is 1.09. The van der Waals surface area contributed by atoms with E-state index >= 15 is 0 Å². The molecule has 4 heterocycles. The minimum absolute atomic E-state index is 0.0638. The lowest BCUT2D eigenvalue weighted by Crippen LogP contribution is -2.43. The number of fused-ring (bicyclic) bond motifs is 2. The summed E-state index contributed by atoms with van der Waals surface area (Å²) in [4.78, 5) is 125. The Kier molecular flexibility index (Phi) is 19.2. The minimum Gasteiger partial charge on any atom is -0.356 e. The molecule has 2 aliphatic rings. The maximum Gasteiger partial charge on any atom is 0.268 e. The molecule has 6 rings (SSSR count). The molecule has 0 aliphatic carbocycles. The van der Waals surface area contributed by atoms with Crippen molar-refractivity contribution in [3.63, 3.8) is 0 Å². The second-order valence-electron chi connectivity index (χ2n) is 17.7. The first kappa shape index (κ1) is 56.6. The molecule has 2 aliphatic heterocycles. The number of hydrogen-bond acceptors (Lipinski definition) is 14. The molecule has 0 bridgehead atoms. The van der Waals surface area contributed by atoms with E-state index in [1.165, 1.54) is 36.7 Å². The number of nitriles is 2. The minimum atomic E-state index is -3.22. The summed E-state index contributed by atoms with van der Waals surface area (Å²) in [5, 5.41) is 34.5. The largest absolute Gasteiger partial charge is 0.356 e. The number of unbranched alkanes of at least 4 members (excludes halogenated alkanes) is 1. The van der Waals surface area contributed by atoms with Crippen molar-refractivity contribution < 1.29 is 60.7 Å². The summed E-state index contributed by atoms with van der Waals surface area (Å²) in [5.74, 6) is -11.2. The number of amides is 7. The Hall–Kier alpha value is -7.72. The number of alkyl halides is 4. The molecule has 2 saturated heterocycles. The molecule has 0 radical (unpaired) electrons. The number of likely N-dealkylation sites (tertiary alicyclic amines) is 2. The first-order valence-electron chi connectivity index (χ1n) is 23.4. The number of aromatic nitrogens is 2. The number of ketones is 1. The van der Waals surface area contributed by atoms with Gasteiger partial charge in [-0.1, -0.05) is 24.3 Å². The fourth-order valence-corrected chi connectivity index (χ4v) is 8.88. The Bertz CT molecular complexity index is 2990. The van der Waals surface area contributed by atoms with Crippen LogP contribution in [-0.2, 0) is 33.6 Å². The predicted molar refractivity (Wildman–Crippen MR) is 268 cm³/mol. The van der Waals surface area contributed by atoms with Crippen molar-refractivity contribution >= 4 is 107 Å². The molecule has 0 spiro atoms. The SMILES string of the molecule is N#C[C@@H]1CC(F)(F)CN1CC(=O)CNC(=O)c1ccnc2c(NC(=O)CCC(=O)NCCCCC(NC(=O)CCC(=O)Nc3cccc4c(C(=O)NCC(=O)N5CC(F)(F)C[C@H]5C#N)ccnc34)C(=O)I)cccc12. The Morgan fingerprint density at radius 1 is 0.667 bits per heavy atom. The van der Waals surface area contributed by atoms with Crippen molar-refractivity contribution in [2.75, 3.05) is 49.9 Å². The van der Waals surface area contributed by atoms with Gasteiger partial charge in [-0.05, 0) is 43.5 Å². The highest BCUT2D eigenvalue weighted by atomic mass is 127. The summed E-state index contributed by atoms with van der Waals surface area (Å²) in [6.45, 7) is -3.03. The number of nitrogens with one attached hydrogen (secondary N) is 6. The maximum absolute atomic E-state index is 13.8. The first-order chi connectivity index (χ1) is 35.7. The fraction of sp³-hybridized carbons (Fsp3) is 0.408. The van der Waals surface area contributed by atoms with Crippen LogP contribution in [0.3, 0.4) is 0 Å². The second-order valence-corrected chi connectivity index (χ2v) is 18.8. The third-order valence-corrected chi connectivity index (χ3v) is 12.8. The van der Waals surface area contributed by atoms with Gasteiger partial charge in [0, 0.05) is 90.8 Å². The molecule has 4 aromatic rings. The zero-order chi connectivity index (χ0) is 54.5. The van der Waals surface area contributed by atoms with Crippen LogP contribution in [0.2, 0.25) is 0 Å². The number of nitrogens with zero attached hydrogens (tertiary/aromatic N) is 6. The van der Waals surface area contributed by atoms with Crippen molar-refractivity contribution in [2.45, 2.75) is 87.8 Å². The van der Waals surface area contributed by atoms with Gasteiger partial charge in [0.1, 0.15) is 12.1 Å². The van der Waals surface area contributed by atoms with E-state index in [0.29, 0.717) is 18.2 Å². The lowest BCUT2D eigenvalue weighted by Gasteiger charge is -2.19. The third-order valence-electron chi connectivity index (χ3n) is 12.1. The van der Waals surface area contributed by atoms with Gasteiger partial charge in [-0.15, -0.1) is 0 Å². The molecule has 6 N–H and O–H groups in total. The number of carbonyl (C=O) groups is 9. The van der Waals surface area contributed by atoms with Crippen LogP contribution in [0.15, 0.2) is 60.9 Å². The monoisotopic (exact) mass is 1150 g/mol. The molecular formula is C49H49F4IN12O9. The fourth-order valence-electron chi connectivity index (χ4n) is 8.41. The maximum atomic E-state index is 13.8. The lowest BCUT2D eigenvalue weighted by molar-refractivity contribution is -0.131. The average molecular weight is 1150 g/mol. The van der Waals surface area contributed by atoms with E-state index in [-0.39, 0.29) is 81.4 Å². The van der Waals surface area contributed by atoms with Gasteiger partial charge in [-0.25, -0.2) is 17.6 Å². The molecule has 2 aromatic heterocycles. The average Bonchev–Trinajstić information content (AvgIpc) is 3.87. The molecule has 75 heavy (non-hydrogen) atoms. The Labute approximate surface area is 439 Å². The quantitative estimate of drug-likeness (QED) is 0.0267. The van der Waals surface area contributed by atoms with Gasteiger partial charge >= 0.3 is 0 Å². The van der Waals surface area contributed by atoms with Crippen molar-refractivity contribution in [1.82, 2.24) is 41.0 Å². The molecule has 1 unspecified atom stereocenters.